The van der Waals surface area contributed by atoms with Crippen LogP contribution in [0.2, 0.25) is 0 Å². The van der Waals surface area contributed by atoms with Crippen molar-refractivity contribution in [1.82, 2.24) is 10.3 Å². The van der Waals surface area contributed by atoms with Crippen LogP contribution in [0.15, 0.2) is 18.5 Å². The van der Waals surface area contributed by atoms with Crippen molar-refractivity contribution in [2.45, 2.75) is 46.4 Å². The highest BCUT2D eigenvalue weighted by atomic mass is 16.5. The summed E-state index contributed by atoms with van der Waals surface area (Å²) in [6.45, 7) is 9.12. The molecule has 3 heteroatoms. The molecule has 0 atom stereocenters. The number of nitrogens with one attached hydrogen (secondary N) is 1. The van der Waals surface area contributed by atoms with Crippen LogP contribution in [0.5, 0.6) is 5.75 Å². The highest BCUT2D eigenvalue weighted by molar-refractivity contribution is 5.29. The first-order chi connectivity index (χ1) is 7.09. The standard InChI is InChI=1S/C12H20N2O/c1-9(2)14-7-11-5-6-13-8-12(11)15-10(3)4/h5-6,8-10,14H,7H2,1-4H3. The Morgan fingerprint density at radius 3 is 2.67 bits per heavy atom. The third kappa shape index (κ3) is 4.30. The Balaban J connectivity index is 2.68. The van der Waals surface area contributed by atoms with Crippen molar-refractivity contribution < 1.29 is 4.74 Å². The van der Waals surface area contributed by atoms with Gasteiger partial charge in [-0.2, -0.15) is 0 Å². The summed E-state index contributed by atoms with van der Waals surface area (Å²) in [5, 5.41) is 3.37. The van der Waals surface area contributed by atoms with Gasteiger partial charge in [0, 0.05) is 24.3 Å². The van der Waals surface area contributed by atoms with Crippen LogP contribution in [-0.4, -0.2) is 17.1 Å². The summed E-state index contributed by atoms with van der Waals surface area (Å²) in [5.74, 6) is 0.876. The number of hydrogen-bond donors (Lipinski definition) is 1. The molecular weight excluding hydrogens is 188 g/mol. The molecule has 1 N–H and O–H groups in total. The summed E-state index contributed by atoms with van der Waals surface area (Å²) in [6, 6.07) is 2.47. The zero-order chi connectivity index (χ0) is 11.3. The van der Waals surface area contributed by atoms with Gasteiger partial charge < -0.3 is 10.1 Å². The van der Waals surface area contributed by atoms with Gasteiger partial charge in [0.25, 0.3) is 0 Å². The molecule has 0 radical (unpaired) electrons. The van der Waals surface area contributed by atoms with Crippen LogP contribution < -0.4 is 10.1 Å². The summed E-state index contributed by atoms with van der Waals surface area (Å²) in [5.41, 5.74) is 1.16. The highest BCUT2D eigenvalue weighted by Gasteiger charge is 2.05. The Bertz CT molecular complexity index is 297. The number of hydrogen-bond acceptors (Lipinski definition) is 3. The lowest BCUT2D eigenvalue weighted by molar-refractivity contribution is 0.238. The van der Waals surface area contributed by atoms with Gasteiger partial charge in [-0.3, -0.25) is 4.98 Å². The van der Waals surface area contributed by atoms with E-state index in [-0.39, 0.29) is 6.10 Å². The fourth-order valence-electron chi connectivity index (χ4n) is 1.23. The largest absolute Gasteiger partial charge is 0.489 e. The van der Waals surface area contributed by atoms with Gasteiger partial charge in [-0.15, -0.1) is 0 Å². The Kier molecular flexibility index (Phi) is 4.56. The van der Waals surface area contributed by atoms with Crippen LogP contribution in [0, 0.1) is 0 Å². The maximum Gasteiger partial charge on any atom is 0.142 e. The fourth-order valence-corrected chi connectivity index (χ4v) is 1.23. The number of aromatic nitrogens is 1. The molecule has 3 nitrogen and oxygen atoms in total. The summed E-state index contributed by atoms with van der Waals surface area (Å²) in [7, 11) is 0. The van der Waals surface area contributed by atoms with E-state index in [0.29, 0.717) is 6.04 Å². The third-order valence-corrected chi connectivity index (χ3v) is 1.93. The molecule has 0 saturated carbocycles. The maximum absolute atomic E-state index is 5.68. The molecule has 0 aromatic carbocycles. The molecule has 0 aliphatic heterocycles. The van der Waals surface area contributed by atoms with E-state index in [2.05, 4.69) is 24.1 Å². The van der Waals surface area contributed by atoms with Crippen molar-refractivity contribution in [3.8, 4) is 5.75 Å². The second-order valence-electron chi connectivity index (χ2n) is 4.19. The topological polar surface area (TPSA) is 34.2 Å². The minimum atomic E-state index is 0.187. The zero-order valence-electron chi connectivity index (χ0n) is 9.95. The fraction of sp³-hybridized carbons (Fsp3) is 0.583. The lowest BCUT2D eigenvalue weighted by Gasteiger charge is -2.15. The quantitative estimate of drug-likeness (QED) is 0.806. The van der Waals surface area contributed by atoms with E-state index in [1.807, 2.05) is 19.9 Å². The molecule has 15 heavy (non-hydrogen) atoms. The van der Waals surface area contributed by atoms with E-state index in [4.69, 9.17) is 4.74 Å². The molecule has 1 aromatic rings. The van der Waals surface area contributed by atoms with Gasteiger partial charge in [0.05, 0.1) is 12.3 Å². The Labute approximate surface area is 91.9 Å². The molecule has 0 bridgehead atoms. The van der Waals surface area contributed by atoms with E-state index in [0.717, 1.165) is 17.9 Å². The molecule has 0 saturated heterocycles. The van der Waals surface area contributed by atoms with Gasteiger partial charge in [-0.05, 0) is 19.9 Å². The predicted molar refractivity (Wildman–Crippen MR) is 62.0 cm³/mol. The van der Waals surface area contributed by atoms with E-state index in [1.165, 1.54) is 0 Å². The minimum absolute atomic E-state index is 0.187. The van der Waals surface area contributed by atoms with Crippen molar-refractivity contribution >= 4 is 0 Å². The lowest BCUT2D eigenvalue weighted by Crippen LogP contribution is -2.22. The molecule has 0 spiro atoms. The van der Waals surface area contributed by atoms with Gasteiger partial charge in [-0.25, -0.2) is 0 Å². The number of ether oxygens (including phenoxy) is 1. The second kappa shape index (κ2) is 5.71. The van der Waals surface area contributed by atoms with E-state index in [9.17, 15) is 0 Å². The number of pyridine rings is 1. The molecule has 0 amide bonds. The molecule has 0 aliphatic rings. The molecule has 1 rings (SSSR count). The van der Waals surface area contributed by atoms with E-state index < -0.39 is 0 Å². The van der Waals surface area contributed by atoms with E-state index in [1.54, 1.807) is 12.4 Å². The minimum Gasteiger partial charge on any atom is -0.489 e. The van der Waals surface area contributed by atoms with Gasteiger partial charge in [0.15, 0.2) is 0 Å². The average molecular weight is 208 g/mol. The lowest BCUT2D eigenvalue weighted by atomic mass is 10.2. The van der Waals surface area contributed by atoms with Crippen LogP contribution in [-0.2, 0) is 6.54 Å². The smallest absolute Gasteiger partial charge is 0.142 e. The first-order valence-corrected chi connectivity index (χ1v) is 5.42. The predicted octanol–water partition coefficient (Wildman–Crippen LogP) is 2.37. The van der Waals surface area contributed by atoms with Gasteiger partial charge in [-0.1, -0.05) is 13.8 Å². The van der Waals surface area contributed by atoms with Crippen molar-refractivity contribution in [3.63, 3.8) is 0 Å². The number of rotatable bonds is 5. The first-order valence-electron chi connectivity index (χ1n) is 5.42. The Morgan fingerprint density at radius 1 is 1.33 bits per heavy atom. The van der Waals surface area contributed by atoms with Gasteiger partial charge in [0.2, 0.25) is 0 Å². The molecule has 1 aromatic heterocycles. The monoisotopic (exact) mass is 208 g/mol. The number of nitrogens with zero attached hydrogens (tertiary/aromatic N) is 1. The summed E-state index contributed by atoms with van der Waals surface area (Å²) in [4.78, 5) is 4.07. The van der Waals surface area contributed by atoms with Crippen LogP contribution in [0.4, 0.5) is 0 Å². The van der Waals surface area contributed by atoms with Crippen molar-refractivity contribution in [1.29, 1.82) is 0 Å². The van der Waals surface area contributed by atoms with Crippen LogP contribution in [0.3, 0.4) is 0 Å². The normalized spacial score (nSPS) is 11.1. The third-order valence-electron chi connectivity index (χ3n) is 1.93. The summed E-state index contributed by atoms with van der Waals surface area (Å²) >= 11 is 0. The maximum atomic E-state index is 5.68. The zero-order valence-corrected chi connectivity index (χ0v) is 9.95. The van der Waals surface area contributed by atoms with Crippen LogP contribution in [0.25, 0.3) is 0 Å². The van der Waals surface area contributed by atoms with Gasteiger partial charge >= 0.3 is 0 Å². The van der Waals surface area contributed by atoms with Crippen molar-refractivity contribution in [2.24, 2.45) is 0 Å². The second-order valence-corrected chi connectivity index (χ2v) is 4.19. The van der Waals surface area contributed by atoms with E-state index >= 15 is 0 Å². The Hall–Kier alpha value is -1.09. The highest BCUT2D eigenvalue weighted by Crippen LogP contribution is 2.17. The molecule has 0 fully saturated rings. The molecule has 0 aliphatic carbocycles. The molecule has 84 valence electrons. The summed E-state index contributed by atoms with van der Waals surface area (Å²) in [6.07, 6.45) is 3.76. The van der Waals surface area contributed by atoms with Crippen LogP contribution in [0.1, 0.15) is 33.3 Å². The SMILES string of the molecule is CC(C)NCc1ccncc1OC(C)C. The molecule has 1 heterocycles. The van der Waals surface area contributed by atoms with Crippen molar-refractivity contribution in [3.05, 3.63) is 24.0 Å². The molecular formula is C12H20N2O. The Morgan fingerprint density at radius 2 is 2.07 bits per heavy atom. The summed E-state index contributed by atoms with van der Waals surface area (Å²) < 4.78 is 5.68. The molecule has 0 unspecified atom stereocenters. The average Bonchev–Trinajstić information content (AvgIpc) is 2.15. The van der Waals surface area contributed by atoms with Crippen molar-refractivity contribution in [2.75, 3.05) is 0 Å². The van der Waals surface area contributed by atoms with Gasteiger partial charge in [0.1, 0.15) is 5.75 Å². The van der Waals surface area contributed by atoms with Crippen LogP contribution >= 0.6 is 0 Å². The first kappa shape index (κ1) is 12.0.